The second-order valence-corrected chi connectivity index (χ2v) is 5.57. The minimum absolute atomic E-state index is 0.0843. The molecule has 0 bridgehead atoms. The Hall–Kier alpha value is -2.41. The van der Waals surface area contributed by atoms with Gasteiger partial charge in [0.1, 0.15) is 5.75 Å². The first-order valence-corrected chi connectivity index (χ1v) is 7.12. The zero-order chi connectivity index (χ0) is 15.0. The molecule has 0 radical (unpaired) electrons. The normalized spacial score (nSPS) is 25.1. The first-order valence-electron chi connectivity index (χ1n) is 7.12. The van der Waals surface area contributed by atoms with Gasteiger partial charge in [-0.15, -0.1) is 0 Å². The van der Waals surface area contributed by atoms with Crippen LogP contribution in [0, 0.1) is 17.2 Å². The Morgan fingerprint density at radius 3 is 2.90 bits per heavy atom. The molecule has 4 nitrogen and oxygen atoms in total. The van der Waals surface area contributed by atoms with Crippen LogP contribution in [0.4, 0.5) is 0 Å². The van der Waals surface area contributed by atoms with Gasteiger partial charge in [0.15, 0.2) is 5.78 Å². The minimum atomic E-state index is -0.451. The summed E-state index contributed by atoms with van der Waals surface area (Å²) in [4.78, 5) is 16.9. The molecule has 3 rings (SSSR count). The third-order valence-electron chi connectivity index (χ3n) is 4.20. The lowest BCUT2D eigenvalue weighted by Gasteiger charge is -2.32. The number of aliphatic imine (C=N–C) groups is 1. The number of hydrogen-bond donors (Lipinski definition) is 1. The number of nitriles is 1. The van der Waals surface area contributed by atoms with Gasteiger partial charge >= 0.3 is 0 Å². The lowest BCUT2D eigenvalue weighted by molar-refractivity contribution is -0.116. The lowest BCUT2D eigenvalue weighted by atomic mass is 9.72. The van der Waals surface area contributed by atoms with Gasteiger partial charge in [0.05, 0.1) is 12.0 Å². The number of allylic oxidation sites excluding steroid dienone is 2. The number of ketones is 1. The van der Waals surface area contributed by atoms with Crippen LogP contribution in [0.3, 0.4) is 0 Å². The molecule has 0 spiro atoms. The van der Waals surface area contributed by atoms with E-state index in [1.807, 2.05) is 13.0 Å². The molecule has 0 aromatic heterocycles. The lowest BCUT2D eigenvalue weighted by Crippen LogP contribution is -2.30. The number of phenolic OH excluding ortho intramolecular Hbond substituents is 1. The molecule has 21 heavy (non-hydrogen) atoms. The highest BCUT2D eigenvalue weighted by Gasteiger charge is 2.38. The molecule has 1 aliphatic carbocycles. The maximum Gasteiger partial charge on any atom is 0.161 e. The zero-order valence-electron chi connectivity index (χ0n) is 11.8. The zero-order valence-corrected chi connectivity index (χ0v) is 11.8. The average molecular weight is 280 g/mol. The van der Waals surface area contributed by atoms with Crippen molar-refractivity contribution in [3.05, 3.63) is 41.1 Å². The van der Waals surface area contributed by atoms with Gasteiger partial charge in [0.2, 0.25) is 0 Å². The number of carbonyl (C=O) groups excluding carboxylic acids is 1. The van der Waals surface area contributed by atoms with Crippen LogP contribution in [0.2, 0.25) is 0 Å². The molecule has 0 fully saturated rings. The van der Waals surface area contributed by atoms with E-state index in [1.165, 1.54) is 0 Å². The van der Waals surface area contributed by atoms with Gasteiger partial charge in [-0.25, -0.2) is 0 Å². The summed E-state index contributed by atoms with van der Waals surface area (Å²) in [6.07, 6.45) is 2.12. The van der Waals surface area contributed by atoms with Crippen LogP contribution in [-0.2, 0) is 4.79 Å². The third kappa shape index (κ3) is 2.25. The van der Waals surface area contributed by atoms with Gasteiger partial charge in [0, 0.05) is 29.3 Å². The molecule has 0 saturated heterocycles. The van der Waals surface area contributed by atoms with Crippen molar-refractivity contribution >= 4 is 11.5 Å². The van der Waals surface area contributed by atoms with E-state index in [0.717, 1.165) is 29.8 Å². The van der Waals surface area contributed by atoms with Gasteiger partial charge in [0.25, 0.3) is 0 Å². The van der Waals surface area contributed by atoms with E-state index in [2.05, 4.69) is 11.1 Å². The second-order valence-electron chi connectivity index (χ2n) is 5.57. The van der Waals surface area contributed by atoms with Crippen molar-refractivity contribution in [2.75, 3.05) is 0 Å². The number of hydrogen-bond acceptors (Lipinski definition) is 4. The number of phenols is 1. The molecular formula is C17H16N2O2. The number of Topliss-reactive ketones (excluding diaryl/α,β-unsaturated/α-hetero) is 1. The fraction of sp³-hybridized carbons (Fsp3) is 0.353. The van der Waals surface area contributed by atoms with Crippen molar-refractivity contribution in [3.8, 4) is 11.8 Å². The molecule has 2 aliphatic rings. The van der Waals surface area contributed by atoms with E-state index in [1.54, 1.807) is 18.2 Å². The number of nitrogens with zero attached hydrogens (tertiary/aromatic N) is 2. The van der Waals surface area contributed by atoms with E-state index in [-0.39, 0.29) is 17.5 Å². The predicted molar refractivity (Wildman–Crippen MR) is 78.9 cm³/mol. The quantitative estimate of drug-likeness (QED) is 0.859. The Labute approximate surface area is 123 Å². The summed E-state index contributed by atoms with van der Waals surface area (Å²) in [6, 6.07) is 9.11. The van der Waals surface area contributed by atoms with Crippen molar-refractivity contribution in [2.45, 2.75) is 32.1 Å². The van der Waals surface area contributed by atoms with Gasteiger partial charge in [-0.05, 0) is 37.5 Å². The van der Waals surface area contributed by atoms with E-state index >= 15 is 0 Å². The van der Waals surface area contributed by atoms with Crippen molar-refractivity contribution in [1.29, 1.82) is 5.26 Å². The van der Waals surface area contributed by atoms with Gasteiger partial charge in [-0.3, -0.25) is 9.79 Å². The third-order valence-corrected chi connectivity index (χ3v) is 4.20. The highest BCUT2D eigenvalue weighted by molar-refractivity contribution is 6.02. The topological polar surface area (TPSA) is 73.4 Å². The molecule has 1 aromatic carbocycles. The number of aromatic hydroxyl groups is 1. The summed E-state index contributed by atoms with van der Waals surface area (Å²) < 4.78 is 0. The molecule has 1 heterocycles. The minimum Gasteiger partial charge on any atom is -0.508 e. The maximum absolute atomic E-state index is 12.4. The summed E-state index contributed by atoms with van der Waals surface area (Å²) in [5.41, 5.74) is 3.05. The highest BCUT2D eigenvalue weighted by Crippen LogP contribution is 2.43. The smallest absolute Gasteiger partial charge is 0.161 e. The van der Waals surface area contributed by atoms with Crippen LogP contribution in [-0.4, -0.2) is 16.6 Å². The summed E-state index contributed by atoms with van der Waals surface area (Å²) in [5, 5.41) is 19.2. The van der Waals surface area contributed by atoms with E-state index in [0.29, 0.717) is 12.0 Å². The Kier molecular flexibility index (Phi) is 3.34. The standard InChI is InChI=1S/C17H16N2O2/c1-10-13(9-18)16(11-4-2-5-12(20)8-11)17-14(19-10)6-3-7-15(17)21/h2,4-5,8,13,16,20H,3,6-7H2,1H3/t13?,16-/m1/s1. The van der Waals surface area contributed by atoms with Crippen molar-refractivity contribution < 1.29 is 9.90 Å². The molecule has 1 aliphatic heterocycles. The van der Waals surface area contributed by atoms with Crippen molar-refractivity contribution in [2.24, 2.45) is 10.9 Å². The summed E-state index contributed by atoms with van der Waals surface area (Å²) in [7, 11) is 0. The molecule has 2 atom stereocenters. The molecule has 4 heteroatoms. The Morgan fingerprint density at radius 2 is 2.19 bits per heavy atom. The van der Waals surface area contributed by atoms with Gasteiger partial charge < -0.3 is 5.11 Å². The van der Waals surface area contributed by atoms with Crippen LogP contribution < -0.4 is 0 Å². The predicted octanol–water partition coefficient (Wildman–Crippen LogP) is 3.10. The number of carbonyl (C=O) groups is 1. The van der Waals surface area contributed by atoms with Gasteiger partial charge in [-0.1, -0.05) is 12.1 Å². The van der Waals surface area contributed by atoms with Crippen LogP contribution in [0.15, 0.2) is 40.5 Å². The Balaban J connectivity index is 2.19. The van der Waals surface area contributed by atoms with Crippen molar-refractivity contribution in [1.82, 2.24) is 0 Å². The summed E-state index contributed by atoms with van der Waals surface area (Å²) >= 11 is 0. The monoisotopic (exact) mass is 280 g/mol. The molecule has 106 valence electrons. The molecule has 1 N–H and O–H groups in total. The molecule has 1 unspecified atom stereocenters. The van der Waals surface area contributed by atoms with E-state index < -0.39 is 5.92 Å². The Bertz CT molecular complexity index is 710. The number of benzene rings is 1. The first-order chi connectivity index (χ1) is 10.1. The van der Waals surface area contributed by atoms with Crippen molar-refractivity contribution in [3.63, 3.8) is 0 Å². The molecular weight excluding hydrogens is 264 g/mol. The SMILES string of the molecule is CC1=NC2=C(C(=O)CCC2)[C@H](c2cccc(O)c2)C1C#N. The average Bonchev–Trinajstić information content (AvgIpc) is 2.46. The molecule has 0 amide bonds. The second kappa shape index (κ2) is 5.17. The number of rotatable bonds is 1. The Morgan fingerprint density at radius 1 is 1.38 bits per heavy atom. The van der Waals surface area contributed by atoms with Crippen LogP contribution in [0.5, 0.6) is 5.75 Å². The maximum atomic E-state index is 12.4. The fourth-order valence-electron chi connectivity index (χ4n) is 3.25. The molecule has 1 aromatic rings. The highest BCUT2D eigenvalue weighted by atomic mass is 16.3. The van der Waals surface area contributed by atoms with Crippen LogP contribution >= 0.6 is 0 Å². The summed E-state index contributed by atoms with van der Waals surface area (Å²) in [6.45, 7) is 1.84. The largest absolute Gasteiger partial charge is 0.508 e. The van der Waals surface area contributed by atoms with Crippen LogP contribution in [0.1, 0.15) is 37.7 Å². The van der Waals surface area contributed by atoms with Gasteiger partial charge in [-0.2, -0.15) is 5.26 Å². The van der Waals surface area contributed by atoms with Crippen LogP contribution in [0.25, 0.3) is 0 Å². The molecule has 0 saturated carbocycles. The fourth-order valence-corrected chi connectivity index (χ4v) is 3.25. The van der Waals surface area contributed by atoms with E-state index in [9.17, 15) is 15.2 Å². The van der Waals surface area contributed by atoms with E-state index in [4.69, 9.17) is 0 Å². The first kappa shape index (κ1) is 13.6. The summed E-state index contributed by atoms with van der Waals surface area (Å²) in [5.74, 6) is -0.536.